The van der Waals surface area contributed by atoms with Crippen LogP contribution in [0, 0.1) is 0 Å². The molecule has 5 nitrogen and oxygen atoms in total. The van der Waals surface area contributed by atoms with Crippen LogP contribution in [0.2, 0.25) is 5.02 Å². The second-order valence-corrected chi connectivity index (χ2v) is 8.32. The number of halogens is 4. The van der Waals surface area contributed by atoms with Crippen LogP contribution in [0.15, 0.2) is 91.1 Å². The molecule has 0 aliphatic carbocycles. The van der Waals surface area contributed by atoms with Crippen LogP contribution in [0.1, 0.15) is 32.0 Å². The molecule has 1 heterocycles. The maximum Gasteiger partial charge on any atom is 0.416 e. The minimum Gasteiger partial charge on any atom is -0.343 e. The molecule has 1 N–H and O–H groups in total. The van der Waals surface area contributed by atoms with Gasteiger partial charge in [-0.05, 0) is 66.7 Å². The molecule has 0 atom stereocenters. The van der Waals surface area contributed by atoms with Crippen LogP contribution in [0.3, 0.4) is 0 Å². The molecule has 3 aromatic carbocycles. The first-order valence-corrected chi connectivity index (χ1v) is 11.1. The van der Waals surface area contributed by atoms with E-state index in [1.165, 1.54) is 12.1 Å². The number of benzene rings is 3. The second kappa shape index (κ2) is 10.2. The van der Waals surface area contributed by atoms with E-state index in [2.05, 4.69) is 10.3 Å². The van der Waals surface area contributed by atoms with E-state index in [-0.39, 0.29) is 28.3 Å². The lowest BCUT2D eigenvalue weighted by atomic mass is 10.1. The topological polar surface area (TPSA) is 62.3 Å². The molecule has 4 aromatic rings. The Kier molecular flexibility index (Phi) is 7.07. The predicted octanol–water partition coefficient (Wildman–Crippen LogP) is 7.01. The minimum atomic E-state index is -4.56. The number of nitrogens with zero attached hydrogens (tertiary/aromatic N) is 2. The summed E-state index contributed by atoms with van der Waals surface area (Å²) in [4.78, 5) is 31.6. The molecule has 182 valence electrons. The molecular weight excluding hydrogens is 491 g/mol. The predicted molar refractivity (Wildman–Crippen MR) is 133 cm³/mol. The summed E-state index contributed by atoms with van der Waals surface area (Å²) in [6.45, 7) is 0. The fourth-order valence-corrected chi connectivity index (χ4v) is 3.58. The number of amides is 1. The lowest BCUT2D eigenvalue weighted by Crippen LogP contribution is -2.14. The zero-order valence-corrected chi connectivity index (χ0v) is 19.6. The number of carbonyl (C=O) groups excluding carboxylic acids is 2. The van der Waals surface area contributed by atoms with Crippen LogP contribution in [-0.2, 0) is 6.18 Å². The van der Waals surface area contributed by atoms with Gasteiger partial charge in [-0.1, -0.05) is 29.8 Å². The lowest BCUT2D eigenvalue weighted by molar-refractivity contribution is -0.137. The number of anilines is 3. The number of alkyl halides is 3. The van der Waals surface area contributed by atoms with E-state index in [4.69, 9.17) is 11.6 Å². The molecule has 1 aromatic heterocycles. The van der Waals surface area contributed by atoms with Crippen LogP contribution in [0.25, 0.3) is 0 Å². The number of pyridine rings is 1. The number of hydrogen-bond donors (Lipinski definition) is 1. The monoisotopic (exact) mass is 509 g/mol. The Morgan fingerprint density at radius 1 is 0.861 bits per heavy atom. The maximum atomic E-state index is 13.0. The van der Waals surface area contributed by atoms with Gasteiger partial charge in [0.15, 0.2) is 0 Å². The van der Waals surface area contributed by atoms with Crippen molar-refractivity contribution >= 4 is 40.4 Å². The molecule has 0 saturated carbocycles. The molecule has 0 fully saturated rings. The van der Waals surface area contributed by atoms with E-state index in [9.17, 15) is 22.8 Å². The molecular formula is C27H19ClF3N3O2. The van der Waals surface area contributed by atoms with Gasteiger partial charge in [-0.3, -0.25) is 14.6 Å². The number of aromatic nitrogens is 1. The average molecular weight is 510 g/mol. The van der Waals surface area contributed by atoms with Crippen LogP contribution in [-0.4, -0.2) is 23.7 Å². The average Bonchev–Trinajstić information content (AvgIpc) is 2.88. The third-order valence-electron chi connectivity index (χ3n) is 5.42. The molecule has 0 spiro atoms. The molecule has 0 bridgehead atoms. The van der Waals surface area contributed by atoms with Crippen LogP contribution < -0.4 is 10.2 Å². The van der Waals surface area contributed by atoms with E-state index in [0.717, 1.165) is 29.6 Å². The van der Waals surface area contributed by atoms with Crippen molar-refractivity contribution in [1.29, 1.82) is 0 Å². The van der Waals surface area contributed by atoms with Gasteiger partial charge >= 0.3 is 6.18 Å². The van der Waals surface area contributed by atoms with Gasteiger partial charge in [-0.15, -0.1) is 0 Å². The van der Waals surface area contributed by atoms with Crippen LogP contribution in [0.5, 0.6) is 0 Å². The van der Waals surface area contributed by atoms with Crippen molar-refractivity contribution in [3.8, 4) is 0 Å². The quantitative estimate of drug-likeness (QED) is 0.284. The number of rotatable bonds is 6. The Hall–Kier alpha value is -4.17. The fraction of sp³-hybridized carbons (Fsp3) is 0.0741. The normalized spacial score (nSPS) is 11.1. The summed E-state index contributed by atoms with van der Waals surface area (Å²) in [5.41, 5.74) is 1.31. The van der Waals surface area contributed by atoms with Crippen LogP contribution >= 0.6 is 11.6 Å². The van der Waals surface area contributed by atoms with E-state index in [1.54, 1.807) is 48.7 Å². The first kappa shape index (κ1) is 24.9. The van der Waals surface area contributed by atoms with Gasteiger partial charge in [0.05, 0.1) is 17.4 Å². The minimum absolute atomic E-state index is 0.149. The third-order valence-corrected chi connectivity index (χ3v) is 5.67. The highest BCUT2D eigenvalue weighted by atomic mass is 35.5. The highest BCUT2D eigenvalue weighted by molar-refractivity contribution is 6.30. The van der Waals surface area contributed by atoms with Gasteiger partial charge in [0, 0.05) is 34.6 Å². The van der Waals surface area contributed by atoms with Crippen molar-refractivity contribution in [2.45, 2.75) is 6.18 Å². The molecule has 36 heavy (non-hydrogen) atoms. The smallest absolute Gasteiger partial charge is 0.343 e. The summed E-state index contributed by atoms with van der Waals surface area (Å²) >= 11 is 5.94. The Balaban J connectivity index is 1.48. The summed E-state index contributed by atoms with van der Waals surface area (Å²) < 4.78 is 38.8. The zero-order chi connectivity index (χ0) is 25.9. The number of nitrogens with one attached hydrogen (secondary N) is 1. The van der Waals surface area contributed by atoms with Crippen molar-refractivity contribution in [3.05, 3.63) is 119 Å². The lowest BCUT2D eigenvalue weighted by Gasteiger charge is -2.19. The molecule has 4 rings (SSSR count). The summed E-state index contributed by atoms with van der Waals surface area (Å²) in [5.74, 6) is -1.09. The summed E-state index contributed by atoms with van der Waals surface area (Å²) in [6.07, 6.45) is -2.99. The van der Waals surface area contributed by atoms with Gasteiger partial charge in [-0.25, -0.2) is 0 Å². The highest BCUT2D eigenvalue weighted by Crippen LogP contribution is 2.30. The summed E-state index contributed by atoms with van der Waals surface area (Å²) in [6, 6.07) is 20.9. The van der Waals surface area contributed by atoms with Crippen molar-refractivity contribution in [2.75, 3.05) is 17.3 Å². The van der Waals surface area contributed by atoms with Gasteiger partial charge in [0.1, 0.15) is 5.69 Å². The van der Waals surface area contributed by atoms with Gasteiger partial charge < -0.3 is 10.2 Å². The van der Waals surface area contributed by atoms with Gasteiger partial charge in [0.2, 0.25) is 5.78 Å². The first-order valence-electron chi connectivity index (χ1n) is 10.7. The van der Waals surface area contributed by atoms with Crippen LogP contribution in [0.4, 0.5) is 30.2 Å². The second-order valence-electron chi connectivity index (χ2n) is 7.88. The molecule has 0 aliphatic rings. The molecule has 0 saturated heterocycles. The SMILES string of the molecule is CN(c1ccc(Cl)cc1)c1ccc(C(=O)c2cccc(NC(=O)c3cccc(C(F)(F)F)c3)c2)nc1. The molecule has 0 unspecified atom stereocenters. The Labute approximate surface area is 210 Å². The standard InChI is InChI=1S/C27H19ClF3N3O2/c1-34(22-10-8-20(28)9-11-22)23-12-13-24(32-16-23)25(35)17-4-3-7-21(15-17)33-26(36)18-5-2-6-19(14-18)27(29,30)31/h2-16H,1H3,(H,33,36). The van der Waals surface area contributed by atoms with Crippen molar-refractivity contribution in [3.63, 3.8) is 0 Å². The highest BCUT2D eigenvalue weighted by Gasteiger charge is 2.30. The third kappa shape index (κ3) is 5.72. The van der Waals surface area contributed by atoms with Crippen molar-refractivity contribution < 1.29 is 22.8 Å². The number of carbonyl (C=O) groups is 2. The molecule has 9 heteroatoms. The van der Waals surface area contributed by atoms with E-state index in [0.29, 0.717) is 5.02 Å². The molecule has 0 aliphatic heterocycles. The Morgan fingerprint density at radius 3 is 2.19 bits per heavy atom. The summed E-state index contributed by atoms with van der Waals surface area (Å²) in [7, 11) is 1.86. The largest absolute Gasteiger partial charge is 0.416 e. The van der Waals surface area contributed by atoms with E-state index >= 15 is 0 Å². The maximum absolute atomic E-state index is 13.0. The fourth-order valence-electron chi connectivity index (χ4n) is 3.46. The van der Waals surface area contributed by atoms with Crippen molar-refractivity contribution in [2.24, 2.45) is 0 Å². The summed E-state index contributed by atoms with van der Waals surface area (Å²) in [5, 5.41) is 3.16. The van der Waals surface area contributed by atoms with Gasteiger partial charge in [0.25, 0.3) is 5.91 Å². The number of ketones is 1. The van der Waals surface area contributed by atoms with E-state index in [1.807, 2.05) is 24.1 Å². The molecule has 0 radical (unpaired) electrons. The number of hydrogen-bond acceptors (Lipinski definition) is 4. The Bertz CT molecular complexity index is 1410. The first-order chi connectivity index (χ1) is 17.1. The zero-order valence-electron chi connectivity index (χ0n) is 18.9. The van der Waals surface area contributed by atoms with Crippen molar-refractivity contribution in [1.82, 2.24) is 4.98 Å². The van der Waals surface area contributed by atoms with E-state index < -0.39 is 17.6 Å². The van der Waals surface area contributed by atoms with Gasteiger partial charge in [-0.2, -0.15) is 13.2 Å². The Morgan fingerprint density at radius 2 is 1.53 bits per heavy atom. The molecule has 1 amide bonds.